The second-order valence-electron chi connectivity index (χ2n) is 6.54. The van der Waals surface area contributed by atoms with Gasteiger partial charge in [-0.1, -0.05) is 31.5 Å². The highest BCUT2D eigenvalue weighted by molar-refractivity contribution is 6.30. The van der Waals surface area contributed by atoms with Gasteiger partial charge in [0.05, 0.1) is 6.54 Å². The van der Waals surface area contributed by atoms with Crippen molar-refractivity contribution in [3.63, 3.8) is 0 Å². The lowest BCUT2D eigenvalue weighted by Gasteiger charge is -2.21. The molecule has 0 heterocycles. The second-order valence-corrected chi connectivity index (χ2v) is 6.98. The quantitative estimate of drug-likeness (QED) is 0.622. The molecule has 27 heavy (non-hydrogen) atoms. The number of carbonyl (C=O) groups is 3. The molecule has 0 saturated heterocycles. The Morgan fingerprint density at radius 2 is 1.67 bits per heavy atom. The Labute approximate surface area is 166 Å². The fourth-order valence-corrected chi connectivity index (χ4v) is 2.90. The Hall–Kier alpha value is -2.08. The zero-order valence-electron chi connectivity index (χ0n) is 16.5. The first-order valence-electron chi connectivity index (χ1n) is 9.44. The van der Waals surface area contributed by atoms with E-state index < -0.39 is 0 Å². The fourth-order valence-electron chi connectivity index (χ4n) is 2.71. The maximum Gasteiger partial charge on any atom is 0.243 e. The molecule has 3 amide bonds. The van der Waals surface area contributed by atoms with Crippen molar-refractivity contribution in [1.29, 1.82) is 0 Å². The summed E-state index contributed by atoms with van der Waals surface area (Å²) < 4.78 is 0. The summed E-state index contributed by atoms with van der Waals surface area (Å²) in [4.78, 5) is 39.7. The molecule has 0 bridgehead atoms. The van der Waals surface area contributed by atoms with Crippen molar-refractivity contribution in [2.75, 3.05) is 32.0 Å². The van der Waals surface area contributed by atoms with Crippen molar-refractivity contribution >= 4 is 35.0 Å². The Morgan fingerprint density at radius 1 is 1.04 bits per heavy atom. The van der Waals surface area contributed by atoms with Gasteiger partial charge in [-0.3, -0.25) is 14.4 Å². The van der Waals surface area contributed by atoms with E-state index >= 15 is 0 Å². The van der Waals surface area contributed by atoms with Gasteiger partial charge in [0.15, 0.2) is 0 Å². The SMILES string of the molecule is CCCN(CCC)C(=O)CCCC(=O)N(C)CC(=O)Nc1cccc(Cl)c1. The van der Waals surface area contributed by atoms with Crippen LogP contribution in [0.2, 0.25) is 5.02 Å². The minimum Gasteiger partial charge on any atom is -0.343 e. The Kier molecular flexibility index (Phi) is 10.5. The molecule has 0 aliphatic carbocycles. The lowest BCUT2D eigenvalue weighted by atomic mass is 10.2. The molecule has 150 valence electrons. The van der Waals surface area contributed by atoms with E-state index in [2.05, 4.69) is 5.32 Å². The number of amides is 3. The number of hydrogen-bond donors (Lipinski definition) is 1. The van der Waals surface area contributed by atoms with Crippen molar-refractivity contribution < 1.29 is 14.4 Å². The molecule has 1 rings (SSSR count). The number of nitrogens with zero attached hydrogens (tertiary/aromatic N) is 2. The molecule has 0 spiro atoms. The molecule has 6 nitrogen and oxygen atoms in total. The van der Waals surface area contributed by atoms with Crippen molar-refractivity contribution in [3.8, 4) is 0 Å². The van der Waals surface area contributed by atoms with Crippen molar-refractivity contribution in [2.45, 2.75) is 46.0 Å². The van der Waals surface area contributed by atoms with Crippen LogP contribution in [-0.2, 0) is 14.4 Å². The minimum absolute atomic E-state index is 0.0446. The van der Waals surface area contributed by atoms with Gasteiger partial charge in [0.1, 0.15) is 0 Å². The predicted octanol–water partition coefficient (Wildman–Crippen LogP) is 3.56. The summed E-state index contributed by atoms with van der Waals surface area (Å²) in [7, 11) is 1.59. The van der Waals surface area contributed by atoms with E-state index in [9.17, 15) is 14.4 Å². The summed E-state index contributed by atoms with van der Waals surface area (Å²) >= 11 is 5.88. The van der Waals surface area contributed by atoms with Crippen LogP contribution in [0.5, 0.6) is 0 Å². The number of carbonyl (C=O) groups excluding carboxylic acids is 3. The molecule has 1 N–H and O–H groups in total. The molecule has 0 aromatic heterocycles. The molecule has 1 aromatic rings. The summed E-state index contributed by atoms with van der Waals surface area (Å²) in [6.07, 6.45) is 2.94. The summed E-state index contributed by atoms with van der Waals surface area (Å²) in [5, 5.41) is 3.24. The zero-order chi connectivity index (χ0) is 20.2. The molecule has 0 unspecified atom stereocenters. The highest BCUT2D eigenvalue weighted by Crippen LogP contribution is 2.14. The minimum atomic E-state index is -0.291. The van der Waals surface area contributed by atoms with Gasteiger partial charge in [0.2, 0.25) is 17.7 Å². The number of benzene rings is 1. The molecule has 0 fully saturated rings. The van der Waals surface area contributed by atoms with Gasteiger partial charge in [-0.2, -0.15) is 0 Å². The fraction of sp³-hybridized carbons (Fsp3) is 0.550. The van der Waals surface area contributed by atoms with Gasteiger partial charge in [0.25, 0.3) is 0 Å². The number of halogens is 1. The van der Waals surface area contributed by atoms with Gasteiger partial charge in [0, 0.05) is 43.7 Å². The van der Waals surface area contributed by atoms with Crippen LogP contribution in [0.4, 0.5) is 5.69 Å². The maximum absolute atomic E-state index is 12.2. The number of likely N-dealkylation sites (N-methyl/N-ethyl adjacent to an activating group) is 1. The van der Waals surface area contributed by atoms with Crippen LogP contribution in [0, 0.1) is 0 Å². The van der Waals surface area contributed by atoms with E-state index in [1.54, 1.807) is 31.3 Å². The molecule has 0 atom stereocenters. The molecule has 0 radical (unpaired) electrons. The molecular weight excluding hydrogens is 366 g/mol. The van der Waals surface area contributed by atoms with Crippen LogP contribution in [0.25, 0.3) is 0 Å². The Bertz CT molecular complexity index is 631. The third kappa shape index (κ3) is 8.91. The first-order valence-corrected chi connectivity index (χ1v) is 9.82. The van der Waals surface area contributed by atoms with Crippen LogP contribution in [0.15, 0.2) is 24.3 Å². The van der Waals surface area contributed by atoms with E-state index in [0.717, 1.165) is 25.9 Å². The molecule has 0 saturated carbocycles. The monoisotopic (exact) mass is 395 g/mol. The number of hydrogen-bond acceptors (Lipinski definition) is 3. The summed E-state index contributed by atoms with van der Waals surface area (Å²) in [5.41, 5.74) is 0.589. The van der Waals surface area contributed by atoms with Gasteiger partial charge >= 0.3 is 0 Å². The van der Waals surface area contributed by atoms with E-state index in [-0.39, 0.29) is 30.7 Å². The molecule has 1 aromatic carbocycles. The van der Waals surface area contributed by atoms with E-state index in [4.69, 9.17) is 11.6 Å². The Balaban J connectivity index is 2.36. The van der Waals surface area contributed by atoms with Crippen LogP contribution >= 0.6 is 11.6 Å². The number of anilines is 1. The predicted molar refractivity (Wildman–Crippen MR) is 109 cm³/mol. The Morgan fingerprint density at radius 3 is 2.26 bits per heavy atom. The zero-order valence-corrected chi connectivity index (χ0v) is 17.2. The number of nitrogens with one attached hydrogen (secondary N) is 1. The molecule has 0 aliphatic heterocycles. The normalized spacial score (nSPS) is 10.4. The van der Waals surface area contributed by atoms with Gasteiger partial charge in [-0.15, -0.1) is 0 Å². The average Bonchev–Trinajstić information content (AvgIpc) is 2.61. The molecule has 0 aliphatic rings. The standard InChI is InChI=1S/C20H30ClN3O3/c1-4-12-24(13-5-2)20(27)11-7-10-19(26)23(3)15-18(25)22-17-9-6-8-16(21)14-17/h6,8-9,14H,4-5,7,10-13,15H2,1-3H3,(H,22,25). The number of rotatable bonds is 11. The second kappa shape index (κ2) is 12.3. The van der Waals surface area contributed by atoms with E-state index in [1.807, 2.05) is 18.7 Å². The highest BCUT2D eigenvalue weighted by atomic mass is 35.5. The first-order chi connectivity index (χ1) is 12.9. The van der Waals surface area contributed by atoms with E-state index in [0.29, 0.717) is 23.6 Å². The summed E-state index contributed by atoms with van der Waals surface area (Å²) in [5.74, 6) is -0.351. The van der Waals surface area contributed by atoms with Gasteiger partial charge in [-0.25, -0.2) is 0 Å². The van der Waals surface area contributed by atoms with Crippen LogP contribution in [0.3, 0.4) is 0 Å². The largest absolute Gasteiger partial charge is 0.343 e. The maximum atomic E-state index is 12.2. The summed E-state index contributed by atoms with van der Waals surface area (Å²) in [6.45, 7) is 5.55. The average molecular weight is 396 g/mol. The van der Waals surface area contributed by atoms with Crippen LogP contribution in [0.1, 0.15) is 46.0 Å². The van der Waals surface area contributed by atoms with Gasteiger partial charge < -0.3 is 15.1 Å². The summed E-state index contributed by atoms with van der Waals surface area (Å²) in [6, 6.07) is 6.83. The van der Waals surface area contributed by atoms with Gasteiger partial charge in [-0.05, 0) is 37.5 Å². The topological polar surface area (TPSA) is 69.7 Å². The smallest absolute Gasteiger partial charge is 0.243 e. The van der Waals surface area contributed by atoms with E-state index in [1.165, 1.54) is 4.90 Å². The highest BCUT2D eigenvalue weighted by Gasteiger charge is 2.15. The third-order valence-corrected chi connectivity index (χ3v) is 4.27. The molecular formula is C20H30ClN3O3. The van der Waals surface area contributed by atoms with Crippen LogP contribution < -0.4 is 5.32 Å². The first kappa shape index (κ1) is 23.0. The molecule has 7 heteroatoms. The third-order valence-electron chi connectivity index (χ3n) is 4.04. The lowest BCUT2D eigenvalue weighted by molar-refractivity contribution is -0.134. The van der Waals surface area contributed by atoms with Crippen molar-refractivity contribution in [2.24, 2.45) is 0 Å². The van der Waals surface area contributed by atoms with Crippen molar-refractivity contribution in [1.82, 2.24) is 9.80 Å². The van der Waals surface area contributed by atoms with Crippen molar-refractivity contribution in [3.05, 3.63) is 29.3 Å². The van der Waals surface area contributed by atoms with Crippen LogP contribution in [-0.4, -0.2) is 54.2 Å². The lowest BCUT2D eigenvalue weighted by Crippen LogP contribution is -2.35.